The Hall–Kier alpha value is -4.35. The van der Waals surface area contributed by atoms with Crippen molar-refractivity contribution in [3.8, 4) is 17.2 Å². The highest BCUT2D eigenvalue weighted by molar-refractivity contribution is 6.38. The summed E-state index contributed by atoms with van der Waals surface area (Å²) in [6.07, 6.45) is 0. The normalized spacial score (nSPS) is 12.5. The van der Waals surface area contributed by atoms with Gasteiger partial charge in [0.25, 0.3) is 0 Å². The Balaban J connectivity index is 1.69. The summed E-state index contributed by atoms with van der Waals surface area (Å²) >= 11 is 0. The number of fused-ring (bicyclic) bond motifs is 5. The zero-order chi connectivity index (χ0) is 21.1. The first-order valence-corrected chi connectivity index (χ1v) is 10.9. The molecular weight excluding hydrogens is 388 g/mol. The molecule has 0 radical (unpaired) electrons. The van der Waals surface area contributed by atoms with Gasteiger partial charge in [-0.25, -0.2) is 0 Å². The molecule has 32 heavy (non-hydrogen) atoms. The van der Waals surface area contributed by atoms with E-state index in [4.69, 9.17) is 0 Å². The van der Waals surface area contributed by atoms with Crippen LogP contribution in [0.2, 0.25) is 0 Å². The van der Waals surface area contributed by atoms with Gasteiger partial charge >= 0.3 is 0 Å². The van der Waals surface area contributed by atoms with E-state index < -0.39 is 0 Å². The summed E-state index contributed by atoms with van der Waals surface area (Å²) in [5, 5.41) is 20.0. The number of hydrogen-bond acceptors (Lipinski definition) is 1. The number of para-hydroxylation sites is 1. The van der Waals surface area contributed by atoms with Gasteiger partial charge in [0.05, 0.1) is 28.2 Å². The second-order valence-electron chi connectivity index (χ2n) is 8.97. The van der Waals surface area contributed by atoms with Crippen LogP contribution in [0.4, 0.5) is 0 Å². The van der Waals surface area contributed by atoms with Crippen LogP contribution >= 0.6 is 0 Å². The molecule has 0 saturated carbocycles. The molecule has 0 bridgehead atoms. The predicted octanol–water partition coefficient (Wildman–Crippen LogP) is 7.87. The Morgan fingerprint density at radius 1 is 0.656 bits per heavy atom. The quantitative estimate of drug-likeness (QED) is 0.274. The lowest BCUT2D eigenvalue weighted by Gasteiger charge is -2.08. The van der Waals surface area contributed by atoms with Gasteiger partial charge < -0.3 is 4.40 Å². The van der Waals surface area contributed by atoms with Crippen LogP contribution in [0.5, 0.6) is 0 Å². The molecule has 0 aliphatic rings. The largest absolute Gasteiger partial charge is 0.307 e. The molecule has 8 aromatic rings. The van der Waals surface area contributed by atoms with E-state index in [1.54, 1.807) is 0 Å². The van der Waals surface area contributed by atoms with Gasteiger partial charge in [0.2, 0.25) is 0 Å². The van der Waals surface area contributed by atoms with Crippen LogP contribution < -0.4 is 0 Å². The Bertz CT molecular complexity index is 2050. The first kappa shape index (κ1) is 16.4. The van der Waals surface area contributed by atoms with Crippen molar-refractivity contribution in [3.63, 3.8) is 0 Å². The molecule has 0 N–H and O–H groups in total. The number of nitriles is 1. The Morgan fingerprint density at radius 2 is 1.38 bits per heavy atom. The van der Waals surface area contributed by atoms with Gasteiger partial charge in [-0.1, -0.05) is 48.5 Å². The molecule has 2 heteroatoms. The van der Waals surface area contributed by atoms with E-state index in [9.17, 15) is 5.26 Å². The molecule has 0 saturated heterocycles. The van der Waals surface area contributed by atoms with Crippen LogP contribution in [-0.4, -0.2) is 4.40 Å². The molecule has 2 nitrogen and oxygen atoms in total. The van der Waals surface area contributed by atoms with Crippen molar-refractivity contribution < 1.29 is 0 Å². The van der Waals surface area contributed by atoms with Crippen molar-refractivity contribution in [3.05, 3.63) is 90.0 Å². The van der Waals surface area contributed by atoms with Gasteiger partial charge in [0.1, 0.15) is 0 Å². The monoisotopic (exact) mass is 404 g/mol. The van der Waals surface area contributed by atoms with Crippen molar-refractivity contribution >= 4 is 59.6 Å². The molecular formula is C30H16N2. The van der Waals surface area contributed by atoms with Crippen LogP contribution in [0.15, 0.2) is 78.9 Å². The summed E-state index contributed by atoms with van der Waals surface area (Å²) < 4.78 is 2.49. The highest BCUT2D eigenvalue weighted by Crippen LogP contribution is 2.50. The van der Waals surface area contributed by atoms with Crippen LogP contribution in [-0.2, 0) is 0 Å². The van der Waals surface area contributed by atoms with Gasteiger partial charge in [-0.05, 0) is 64.7 Å². The third-order valence-corrected chi connectivity index (χ3v) is 7.37. The van der Waals surface area contributed by atoms with E-state index in [-0.39, 0.29) is 0 Å². The molecule has 3 aromatic heterocycles. The van der Waals surface area contributed by atoms with E-state index in [0.29, 0.717) is 5.56 Å². The lowest BCUT2D eigenvalue weighted by atomic mass is 9.94. The van der Waals surface area contributed by atoms with Crippen LogP contribution in [0.1, 0.15) is 11.1 Å². The maximum atomic E-state index is 9.49. The molecule has 5 aromatic carbocycles. The Kier molecular flexibility index (Phi) is 2.70. The molecule has 0 unspecified atom stereocenters. The van der Waals surface area contributed by atoms with Crippen molar-refractivity contribution in [1.29, 1.82) is 5.26 Å². The average molecular weight is 404 g/mol. The average Bonchev–Trinajstić information content (AvgIpc) is 3.46. The third-order valence-electron chi connectivity index (χ3n) is 7.37. The molecule has 0 amide bonds. The van der Waals surface area contributed by atoms with E-state index in [1.165, 1.54) is 70.8 Å². The van der Waals surface area contributed by atoms with Gasteiger partial charge in [0.15, 0.2) is 0 Å². The highest BCUT2D eigenvalue weighted by Gasteiger charge is 2.26. The molecule has 0 fully saturated rings. The number of aromatic nitrogens is 1. The molecule has 3 heterocycles. The number of aryl methyl sites for hydroxylation is 1. The van der Waals surface area contributed by atoms with E-state index >= 15 is 0 Å². The minimum Gasteiger partial charge on any atom is -0.307 e. The maximum absolute atomic E-state index is 9.49. The fourth-order valence-corrected chi connectivity index (χ4v) is 6.03. The van der Waals surface area contributed by atoms with Crippen LogP contribution in [0.25, 0.3) is 70.8 Å². The first-order valence-electron chi connectivity index (χ1n) is 10.9. The SMILES string of the molecule is Cc1ccc(C#N)cc1-c1cc2c3cccc4c5cc6ccccc6c6c(c1)c2n(c34)c56. The van der Waals surface area contributed by atoms with Crippen molar-refractivity contribution in [1.82, 2.24) is 4.40 Å². The summed E-state index contributed by atoms with van der Waals surface area (Å²) in [4.78, 5) is 0. The third kappa shape index (κ3) is 1.70. The Morgan fingerprint density at radius 3 is 2.22 bits per heavy atom. The summed E-state index contributed by atoms with van der Waals surface area (Å²) in [6.45, 7) is 2.13. The van der Waals surface area contributed by atoms with Crippen molar-refractivity contribution in [2.45, 2.75) is 6.92 Å². The van der Waals surface area contributed by atoms with Crippen molar-refractivity contribution in [2.75, 3.05) is 0 Å². The van der Waals surface area contributed by atoms with Gasteiger partial charge in [-0.3, -0.25) is 0 Å². The summed E-state index contributed by atoms with van der Waals surface area (Å²) in [5.41, 5.74) is 8.17. The van der Waals surface area contributed by atoms with Crippen LogP contribution in [0, 0.1) is 18.3 Å². The first-order chi connectivity index (χ1) is 15.7. The lowest BCUT2D eigenvalue weighted by molar-refractivity contribution is 1.41. The fourth-order valence-electron chi connectivity index (χ4n) is 6.03. The second kappa shape index (κ2) is 5.28. The van der Waals surface area contributed by atoms with Gasteiger partial charge in [0, 0.05) is 32.3 Å². The van der Waals surface area contributed by atoms with E-state index in [0.717, 1.165) is 5.56 Å². The summed E-state index contributed by atoms with van der Waals surface area (Å²) in [6, 6.07) is 30.7. The summed E-state index contributed by atoms with van der Waals surface area (Å²) in [5.74, 6) is 0. The minimum absolute atomic E-state index is 0.698. The minimum atomic E-state index is 0.698. The second-order valence-corrected chi connectivity index (χ2v) is 8.97. The van der Waals surface area contributed by atoms with Gasteiger partial charge in [-0.2, -0.15) is 5.26 Å². The standard InChI is InChI=1S/C30H16N2/c1-16-9-10-17(15-31)11-23(16)19-13-24-21-7-4-8-22-25-12-18-5-2-3-6-20(18)27-26(14-19)29(24)32(28(21)22)30(25)27/h2-14H,1H3. The highest BCUT2D eigenvalue weighted by atomic mass is 14.9. The molecule has 146 valence electrons. The zero-order valence-corrected chi connectivity index (χ0v) is 17.4. The molecule has 8 rings (SSSR count). The molecule has 0 aliphatic carbocycles. The molecule has 0 atom stereocenters. The zero-order valence-electron chi connectivity index (χ0n) is 17.4. The van der Waals surface area contributed by atoms with Crippen LogP contribution in [0.3, 0.4) is 0 Å². The van der Waals surface area contributed by atoms with Gasteiger partial charge in [-0.15, -0.1) is 0 Å². The number of benzene rings is 5. The Labute approximate surface area is 183 Å². The number of hydrogen-bond donors (Lipinski definition) is 0. The molecule has 0 aliphatic heterocycles. The van der Waals surface area contributed by atoms with E-state index in [1.807, 2.05) is 12.1 Å². The smallest absolute Gasteiger partial charge is 0.0991 e. The number of rotatable bonds is 1. The predicted molar refractivity (Wildman–Crippen MR) is 133 cm³/mol. The molecule has 0 spiro atoms. The lowest BCUT2D eigenvalue weighted by Crippen LogP contribution is -1.86. The fraction of sp³-hybridized carbons (Fsp3) is 0.0333. The maximum Gasteiger partial charge on any atom is 0.0991 e. The van der Waals surface area contributed by atoms with Crippen molar-refractivity contribution in [2.24, 2.45) is 0 Å². The number of nitrogens with zero attached hydrogens (tertiary/aromatic N) is 2. The topological polar surface area (TPSA) is 28.2 Å². The van der Waals surface area contributed by atoms with E-state index in [2.05, 4.69) is 84.1 Å². The summed E-state index contributed by atoms with van der Waals surface area (Å²) in [7, 11) is 0.